The second-order valence-corrected chi connectivity index (χ2v) is 4.69. The van der Waals surface area contributed by atoms with E-state index in [2.05, 4.69) is 35.2 Å². The van der Waals surface area contributed by atoms with Crippen LogP contribution in [0.15, 0.2) is 30.3 Å². The molecule has 0 unspecified atom stereocenters. The maximum absolute atomic E-state index is 5.92. The number of piperidine rings is 1. The van der Waals surface area contributed by atoms with Crippen molar-refractivity contribution < 1.29 is 0 Å². The van der Waals surface area contributed by atoms with Crippen LogP contribution in [0.4, 0.5) is 0 Å². The Balaban J connectivity index is 1.89. The molecule has 1 aromatic rings. The summed E-state index contributed by atoms with van der Waals surface area (Å²) in [6.07, 6.45) is 2.60. The molecule has 15 heavy (non-hydrogen) atoms. The van der Waals surface area contributed by atoms with Gasteiger partial charge in [0.2, 0.25) is 0 Å². The molecule has 0 radical (unpaired) electrons. The molecule has 1 saturated heterocycles. The lowest BCUT2D eigenvalue weighted by Crippen LogP contribution is -2.35. The third-order valence-electron chi connectivity index (χ3n) is 3.07. The van der Waals surface area contributed by atoms with Crippen molar-refractivity contribution in [1.82, 2.24) is 4.90 Å². The number of hydrogen-bond donors (Lipinski definition) is 0. The zero-order valence-electron chi connectivity index (χ0n) is 9.03. The van der Waals surface area contributed by atoms with Gasteiger partial charge in [0.05, 0.1) is 0 Å². The molecule has 1 nitrogen and oxygen atoms in total. The van der Waals surface area contributed by atoms with Crippen LogP contribution in [-0.4, -0.2) is 23.9 Å². The third kappa shape index (κ3) is 3.22. The summed E-state index contributed by atoms with van der Waals surface area (Å²) in [6.45, 7) is 3.47. The molecule has 82 valence electrons. The summed E-state index contributed by atoms with van der Waals surface area (Å²) < 4.78 is 0. The molecule has 1 aliphatic rings. The van der Waals surface area contributed by atoms with Crippen molar-refractivity contribution in [2.45, 2.75) is 19.4 Å². The lowest BCUT2D eigenvalue weighted by Gasteiger charge is -2.31. The van der Waals surface area contributed by atoms with E-state index >= 15 is 0 Å². The van der Waals surface area contributed by atoms with Crippen LogP contribution in [-0.2, 0) is 6.54 Å². The van der Waals surface area contributed by atoms with Crippen LogP contribution >= 0.6 is 11.6 Å². The molecular formula is C13H18ClN. The second-order valence-electron chi connectivity index (χ2n) is 4.38. The minimum Gasteiger partial charge on any atom is -0.299 e. The fourth-order valence-electron chi connectivity index (χ4n) is 2.26. The molecule has 1 aromatic carbocycles. The molecular weight excluding hydrogens is 206 g/mol. The Bertz CT molecular complexity index is 286. The first kappa shape index (κ1) is 11.0. The lowest BCUT2D eigenvalue weighted by atomic mass is 9.99. The van der Waals surface area contributed by atoms with Crippen molar-refractivity contribution in [3.8, 4) is 0 Å². The number of likely N-dealkylation sites (tertiary alicyclic amines) is 1. The first-order valence-corrected chi connectivity index (χ1v) is 6.24. The van der Waals surface area contributed by atoms with E-state index in [1.807, 2.05) is 0 Å². The van der Waals surface area contributed by atoms with E-state index in [1.54, 1.807) is 0 Å². The van der Waals surface area contributed by atoms with Gasteiger partial charge in [-0.25, -0.2) is 0 Å². The van der Waals surface area contributed by atoms with Crippen molar-refractivity contribution in [1.29, 1.82) is 0 Å². The largest absolute Gasteiger partial charge is 0.299 e. The molecule has 0 aromatic heterocycles. The predicted molar refractivity (Wildman–Crippen MR) is 65.2 cm³/mol. The Labute approximate surface area is 97.0 Å². The zero-order valence-corrected chi connectivity index (χ0v) is 9.79. The Hall–Kier alpha value is -0.530. The second kappa shape index (κ2) is 5.53. The van der Waals surface area contributed by atoms with Gasteiger partial charge >= 0.3 is 0 Å². The zero-order chi connectivity index (χ0) is 10.5. The number of nitrogens with zero attached hydrogens (tertiary/aromatic N) is 1. The van der Waals surface area contributed by atoms with Gasteiger partial charge in [0.25, 0.3) is 0 Å². The molecule has 2 heteroatoms. The van der Waals surface area contributed by atoms with Gasteiger partial charge in [-0.1, -0.05) is 30.3 Å². The van der Waals surface area contributed by atoms with E-state index in [9.17, 15) is 0 Å². The van der Waals surface area contributed by atoms with Gasteiger partial charge in [-0.3, -0.25) is 4.90 Å². The molecule has 1 atom stereocenters. The van der Waals surface area contributed by atoms with Crippen molar-refractivity contribution in [3.05, 3.63) is 35.9 Å². The molecule has 0 spiro atoms. The average molecular weight is 224 g/mol. The highest BCUT2D eigenvalue weighted by molar-refractivity contribution is 6.18. The average Bonchev–Trinajstić information content (AvgIpc) is 2.31. The van der Waals surface area contributed by atoms with E-state index < -0.39 is 0 Å². The lowest BCUT2D eigenvalue weighted by molar-refractivity contribution is 0.178. The predicted octanol–water partition coefficient (Wildman–Crippen LogP) is 3.14. The van der Waals surface area contributed by atoms with Gasteiger partial charge in [0, 0.05) is 19.0 Å². The molecule has 1 heterocycles. The highest BCUT2D eigenvalue weighted by Crippen LogP contribution is 2.19. The van der Waals surface area contributed by atoms with Gasteiger partial charge in [0.15, 0.2) is 0 Å². The van der Waals surface area contributed by atoms with Gasteiger partial charge in [-0.15, -0.1) is 11.6 Å². The van der Waals surface area contributed by atoms with Crippen LogP contribution < -0.4 is 0 Å². The molecule has 0 saturated carbocycles. The first-order valence-electron chi connectivity index (χ1n) is 5.70. The van der Waals surface area contributed by atoms with Crippen LogP contribution in [0.5, 0.6) is 0 Å². The number of hydrogen-bond acceptors (Lipinski definition) is 1. The monoisotopic (exact) mass is 223 g/mol. The summed E-state index contributed by atoms with van der Waals surface area (Å²) in [5.74, 6) is 1.51. The van der Waals surface area contributed by atoms with E-state index in [0.29, 0.717) is 5.92 Å². The van der Waals surface area contributed by atoms with Crippen LogP contribution in [0.1, 0.15) is 18.4 Å². The van der Waals surface area contributed by atoms with Crippen molar-refractivity contribution >= 4 is 11.6 Å². The summed E-state index contributed by atoms with van der Waals surface area (Å²) in [4.78, 5) is 2.52. The molecule has 0 amide bonds. The van der Waals surface area contributed by atoms with E-state index in [0.717, 1.165) is 12.4 Å². The number of benzene rings is 1. The Morgan fingerprint density at radius 1 is 1.27 bits per heavy atom. The van der Waals surface area contributed by atoms with Crippen LogP contribution in [0.2, 0.25) is 0 Å². The standard InChI is InChI=1S/C13H18ClN/c14-9-13-7-4-8-15(11-13)10-12-5-2-1-3-6-12/h1-3,5-6,13H,4,7-11H2/t13-/m1/s1. The van der Waals surface area contributed by atoms with E-state index in [4.69, 9.17) is 11.6 Å². The minimum atomic E-state index is 0.698. The van der Waals surface area contributed by atoms with Crippen LogP contribution in [0.25, 0.3) is 0 Å². The fraction of sp³-hybridized carbons (Fsp3) is 0.538. The highest BCUT2D eigenvalue weighted by Gasteiger charge is 2.18. The smallest absolute Gasteiger partial charge is 0.0263 e. The van der Waals surface area contributed by atoms with Gasteiger partial charge in [-0.05, 0) is 30.9 Å². The summed E-state index contributed by atoms with van der Waals surface area (Å²) in [5, 5.41) is 0. The SMILES string of the molecule is ClC[C@H]1CCCN(Cc2ccccc2)C1. The summed E-state index contributed by atoms with van der Waals surface area (Å²) >= 11 is 5.92. The number of rotatable bonds is 3. The van der Waals surface area contributed by atoms with E-state index in [-0.39, 0.29) is 0 Å². The summed E-state index contributed by atoms with van der Waals surface area (Å²) in [6, 6.07) is 10.7. The Morgan fingerprint density at radius 2 is 2.07 bits per heavy atom. The third-order valence-corrected chi connectivity index (χ3v) is 3.51. The highest BCUT2D eigenvalue weighted by atomic mass is 35.5. The summed E-state index contributed by atoms with van der Waals surface area (Å²) in [5.41, 5.74) is 1.41. The van der Waals surface area contributed by atoms with Gasteiger partial charge in [-0.2, -0.15) is 0 Å². The van der Waals surface area contributed by atoms with Gasteiger partial charge in [0.1, 0.15) is 0 Å². The Morgan fingerprint density at radius 3 is 2.80 bits per heavy atom. The molecule has 0 N–H and O–H groups in total. The molecule has 1 aliphatic heterocycles. The topological polar surface area (TPSA) is 3.24 Å². The number of alkyl halides is 1. The Kier molecular flexibility index (Phi) is 4.04. The van der Waals surface area contributed by atoms with Crippen molar-refractivity contribution in [2.75, 3.05) is 19.0 Å². The molecule has 0 bridgehead atoms. The minimum absolute atomic E-state index is 0.698. The van der Waals surface area contributed by atoms with Crippen molar-refractivity contribution in [3.63, 3.8) is 0 Å². The first-order chi connectivity index (χ1) is 7.38. The molecule has 2 rings (SSSR count). The van der Waals surface area contributed by atoms with E-state index in [1.165, 1.54) is 31.5 Å². The molecule has 0 aliphatic carbocycles. The van der Waals surface area contributed by atoms with Gasteiger partial charge < -0.3 is 0 Å². The normalized spacial score (nSPS) is 22.9. The summed E-state index contributed by atoms with van der Waals surface area (Å²) in [7, 11) is 0. The quantitative estimate of drug-likeness (QED) is 0.712. The fourth-order valence-corrected chi connectivity index (χ4v) is 2.51. The van der Waals surface area contributed by atoms with Crippen LogP contribution in [0.3, 0.4) is 0 Å². The maximum Gasteiger partial charge on any atom is 0.0263 e. The van der Waals surface area contributed by atoms with Crippen LogP contribution in [0, 0.1) is 5.92 Å². The van der Waals surface area contributed by atoms with Crippen molar-refractivity contribution in [2.24, 2.45) is 5.92 Å². The number of halogens is 1. The molecule has 1 fully saturated rings. The maximum atomic E-state index is 5.92.